The van der Waals surface area contributed by atoms with E-state index in [0.29, 0.717) is 0 Å². The second-order valence-electron chi connectivity index (χ2n) is 6.48. The van der Waals surface area contributed by atoms with E-state index in [2.05, 4.69) is 10.5 Å². The van der Waals surface area contributed by atoms with Crippen molar-refractivity contribution in [3.05, 3.63) is 63.6 Å². The molecular weight excluding hydrogens is 506 g/mol. The van der Waals surface area contributed by atoms with Crippen molar-refractivity contribution in [3.63, 3.8) is 0 Å². The molecule has 178 valence electrons. The van der Waals surface area contributed by atoms with Crippen molar-refractivity contribution in [3.8, 4) is 0 Å². The predicted octanol–water partition coefficient (Wildman–Crippen LogP) is 5.92. The molecule has 0 saturated heterocycles. The lowest BCUT2D eigenvalue weighted by Gasteiger charge is -2.27. The normalized spacial score (nSPS) is 13.0. The summed E-state index contributed by atoms with van der Waals surface area (Å²) in [6.45, 7) is 1.36. The van der Waals surface area contributed by atoms with Crippen LogP contribution in [0.4, 0.5) is 36.4 Å². The zero-order valence-electron chi connectivity index (χ0n) is 16.2. The summed E-state index contributed by atoms with van der Waals surface area (Å²) in [5, 5.41) is 5.46. The highest BCUT2D eigenvalue weighted by Crippen LogP contribution is 2.46. The Morgan fingerprint density at radius 2 is 1.45 bits per heavy atom. The molecule has 14 heteroatoms. The number of nitrogens with one attached hydrogen (secondary N) is 2. The Morgan fingerprint density at radius 1 is 0.879 bits per heavy atom. The van der Waals surface area contributed by atoms with Crippen molar-refractivity contribution in [2.75, 3.05) is 5.32 Å². The van der Waals surface area contributed by atoms with Gasteiger partial charge < -0.3 is 5.32 Å². The Balaban J connectivity index is 2.18. The number of amides is 2. The van der Waals surface area contributed by atoms with E-state index in [1.807, 2.05) is 0 Å². The summed E-state index contributed by atoms with van der Waals surface area (Å²) >= 11 is 11.6. The Bertz CT molecular complexity index is 1080. The molecule has 0 radical (unpaired) electrons. The van der Waals surface area contributed by atoms with Crippen molar-refractivity contribution in [1.82, 2.24) is 5.43 Å². The number of hydrogen-bond donors (Lipinski definition) is 2. The van der Waals surface area contributed by atoms with Crippen molar-refractivity contribution in [1.29, 1.82) is 0 Å². The SMILES string of the molecule is C/C(=N/NC(=O)c1cc(Cl)cc(Cl)c1)c1cccc(NC(=O)C(F)(F)C(F)(F)C(F)(F)F)c1. The van der Waals surface area contributed by atoms with Crippen molar-refractivity contribution in [2.45, 2.75) is 24.9 Å². The largest absolute Gasteiger partial charge is 0.460 e. The van der Waals surface area contributed by atoms with Crippen LogP contribution in [0.3, 0.4) is 0 Å². The van der Waals surface area contributed by atoms with E-state index in [4.69, 9.17) is 23.2 Å². The van der Waals surface area contributed by atoms with Crippen molar-refractivity contribution in [2.24, 2.45) is 5.10 Å². The van der Waals surface area contributed by atoms with Gasteiger partial charge in [-0.3, -0.25) is 9.59 Å². The standard InChI is InChI=1S/C19H12Cl2F7N3O2/c1-9(30-31-15(32)11-5-12(20)8-13(21)6-11)10-3-2-4-14(7-10)29-16(33)17(22,23)18(24,25)19(26,27)28/h2-8H,1H3,(H,29,33)(H,31,32)/b30-9-. The Hall–Kier alpha value is -2.86. The maximum absolute atomic E-state index is 13.5. The molecule has 0 heterocycles. The minimum Gasteiger partial charge on any atom is -0.321 e. The first kappa shape index (κ1) is 26.4. The highest BCUT2D eigenvalue weighted by atomic mass is 35.5. The van der Waals surface area contributed by atoms with Crippen LogP contribution < -0.4 is 10.7 Å². The van der Waals surface area contributed by atoms with Gasteiger partial charge in [0, 0.05) is 21.3 Å². The minimum absolute atomic E-state index is 0.0675. The maximum Gasteiger partial charge on any atom is 0.460 e. The van der Waals surface area contributed by atoms with Crippen LogP contribution in [0, 0.1) is 0 Å². The van der Waals surface area contributed by atoms with Gasteiger partial charge in [-0.2, -0.15) is 35.8 Å². The molecule has 0 aliphatic rings. The molecule has 2 amide bonds. The number of halogens is 9. The molecule has 2 aromatic rings. The van der Waals surface area contributed by atoms with Crippen LogP contribution in [0.1, 0.15) is 22.8 Å². The molecular formula is C19H12Cl2F7N3O2. The van der Waals surface area contributed by atoms with E-state index in [1.54, 1.807) is 0 Å². The lowest BCUT2D eigenvalue weighted by molar-refractivity contribution is -0.343. The molecule has 0 saturated carbocycles. The molecule has 2 rings (SSSR count). The van der Waals surface area contributed by atoms with Crippen LogP contribution >= 0.6 is 23.2 Å². The van der Waals surface area contributed by atoms with Gasteiger partial charge in [0.2, 0.25) is 0 Å². The van der Waals surface area contributed by atoms with E-state index in [9.17, 15) is 40.3 Å². The first-order chi connectivity index (χ1) is 15.1. The summed E-state index contributed by atoms with van der Waals surface area (Å²) in [5.41, 5.74) is 1.91. The lowest BCUT2D eigenvalue weighted by Crippen LogP contribution is -2.57. The maximum atomic E-state index is 13.5. The highest BCUT2D eigenvalue weighted by Gasteiger charge is 2.76. The Kier molecular flexibility index (Phi) is 7.64. The Morgan fingerprint density at radius 3 is 2.00 bits per heavy atom. The van der Waals surface area contributed by atoms with Gasteiger partial charge in [-0.05, 0) is 42.8 Å². The zero-order chi connectivity index (χ0) is 25.2. The second kappa shape index (κ2) is 9.56. The van der Waals surface area contributed by atoms with Crippen LogP contribution in [0.15, 0.2) is 47.6 Å². The van der Waals surface area contributed by atoms with E-state index in [1.165, 1.54) is 42.6 Å². The van der Waals surface area contributed by atoms with Crippen molar-refractivity contribution < 1.29 is 40.3 Å². The molecule has 0 unspecified atom stereocenters. The molecule has 0 aliphatic carbocycles. The summed E-state index contributed by atoms with van der Waals surface area (Å²) in [5.74, 6) is -16.2. The van der Waals surface area contributed by atoms with Gasteiger partial charge in [0.05, 0.1) is 5.71 Å². The highest BCUT2D eigenvalue weighted by molar-refractivity contribution is 6.35. The van der Waals surface area contributed by atoms with Crippen LogP contribution in [-0.2, 0) is 4.79 Å². The molecule has 2 N–H and O–H groups in total. The molecule has 0 bridgehead atoms. The van der Waals surface area contributed by atoms with E-state index in [0.717, 1.165) is 12.1 Å². The molecule has 0 aromatic heterocycles. The molecule has 2 aromatic carbocycles. The van der Waals surface area contributed by atoms with Gasteiger partial charge >= 0.3 is 23.9 Å². The Labute approximate surface area is 191 Å². The number of rotatable bonds is 6. The number of anilines is 1. The third kappa shape index (κ3) is 5.93. The number of carbonyl (C=O) groups excluding carboxylic acids is 2. The van der Waals surface area contributed by atoms with Gasteiger partial charge in [0.15, 0.2) is 0 Å². The van der Waals surface area contributed by atoms with Crippen LogP contribution in [-0.4, -0.2) is 35.5 Å². The van der Waals surface area contributed by atoms with E-state index < -0.39 is 35.5 Å². The summed E-state index contributed by atoms with van der Waals surface area (Å²) in [6.07, 6.45) is -6.65. The smallest absolute Gasteiger partial charge is 0.321 e. The fraction of sp³-hybridized carbons (Fsp3) is 0.211. The van der Waals surface area contributed by atoms with E-state index >= 15 is 0 Å². The third-order valence-electron chi connectivity index (χ3n) is 4.02. The first-order valence-corrected chi connectivity index (χ1v) is 9.37. The fourth-order valence-electron chi connectivity index (χ4n) is 2.30. The molecule has 0 aliphatic heterocycles. The number of carbonyl (C=O) groups is 2. The van der Waals surface area contributed by atoms with Gasteiger partial charge in [0.25, 0.3) is 5.91 Å². The van der Waals surface area contributed by atoms with Crippen LogP contribution in [0.5, 0.6) is 0 Å². The zero-order valence-corrected chi connectivity index (χ0v) is 17.7. The number of benzene rings is 2. The molecule has 33 heavy (non-hydrogen) atoms. The van der Waals surface area contributed by atoms with Crippen molar-refractivity contribution >= 4 is 46.4 Å². The average Bonchev–Trinajstić information content (AvgIpc) is 2.70. The van der Waals surface area contributed by atoms with Gasteiger partial charge in [0.1, 0.15) is 0 Å². The summed E-state index contributed by atoms with van der Waals surface area (Å²) in [4.78, 5) is 23.6. The number of hydrazone groups is 1. The lowest BCUT2D eigenvalue weighted by atomic mass is 10.1. The fourth-order valence-corrected chi connectivity index (χ4v) is 2.83. The minimum atomic E-state index is -6.65. The number of nitrogens with zero attached hydrogens (tertiary/aromatic N) is 1. The quantitative estimate of drug-likeness (QED) is 0.283. The summed E-state index contributed by atoms with van der Waals surface area (Å²) in [7, 11) is 0. The van der Waals surface area contributed by atoms with Gasteiger partial charge in [-0.25, -0.2) is 5.43 Å². The monoisotopic (exact) mass is 517 g/mol. The average molecular weight is 518 g/mol. The summed E-state index contributed by atoms with van der Waals surface area (Å²) < 4.78 is 89.7. The van der Waals surface area contributed by atoms with Gasteiger partial charge in [-0.1, -0.05) is 35.3 Å². The van der Waals surface area contributed by atoms with Gasteiger partial charge in [-0.15, -0.1) is 0 Å². The number of alkyl halides is 7. The second-order valence-corrected chi connectivity index (χ2v) is 7.35. The number of hydrogen-bond acceptors (Lipinski definition) is 3. The molecule has 0 fully saturated rings. The molecule has 5 nitrogen and oxygen atoms in total. The van der Waals surface area contributed by atoms with E-state index in [-0.39, 0.29) is 26.9 Å². The molecule has 0 spiro atoms. The molecule has 0 atom stereocenters. The summed E-state index contributed by atoms with van der Waals surface area (Å²) in [6, 6.07) is 8.48. The van der Waals surface area contributed by atoms with Crippen LogP contribution in [0.25, 0.3) is 0 Å². The predicted molar refractivity (Wildman–Crippen MR) is 107 cm³/mol. The third-order valence-corrected chi connectivity index (χ3v) is 4.46. The topological polar surface area (TPSA) is 70.6 Å². The van der Waals surface area contributed by atoms with Crippen LogP contribution in [0.2, 0.25) is 10.0 Å². The first-order valence-electron chi connectivity index (χ1n) is 8.61.